The molecular formula is C15H23N5S. The summed E-state index contributed by atoms with van der Waals surface area (Å²) in [5.74, 6) is 5.50. The van der Waals surface area contributed by atoms with Gasteiger partial charge in [-0.1, -0.05) is 13.8 Å². The normalized spacial score (nSPS) is 27.5. The summed E-state index contributed by atoms with van der Waals surface area (Å²) >= 11 is 2.01. The Balaban J connectivity index is 1.62. The number of aromatic nitrogens is 3. The molecule has 1 aromatic rings. The topological polar surface area (TPSA) is 53.9 Å². The summed E-state index contributed by atoms with van der Waals surface area (Å²) in [6, 6.07) is 0.581. The van der Waals surface area contributed by atoms with Gasteiger partial charge in [-0.05, 0) is 24.7 Å². The van der Waals surface area contributed by atoms with Gasteiger partial charge in [-0.15, -0.1) is 0 Å². The molecule has 0 spiro atoms. The number of hydrogen-bond donors (Lipinski definition) is 1. The summed E-state index contributed by atoms with van der Waals surface area (Å²) in [6.45, 7) is 6.69. The molecule has 1 saturated heterocycles. The van der Waals surface area contributed by atoms with Crippen molar-refractivity contribution in [3.63, 3.8) is 0 Å². The maximum atomic E-state index is 4.80. The minimum Gasteiger partial charge on any atom is -0.351 e. The number of anilines is 2. The lowest BCUT2D eigenvalue weighted by Crippen LogP contribution is -2.34. The molecule has 5 nitrogen and oxygen atoms in total. The molecule has 1 N–H and O–H groups in total. The summed E-state index contributed by atoms with van der Waals surface area (Å²) in [5, 5.41) is 3.45. The number of rotatable bonds is 4. The molecule has 21 heavy (non-hydrogen) atoms. The molecule has 1 aliphatic heterocycles. The van der Waals surface area contributed by atoms with Crippen LogP contribution in [0.15, 0.2) is 0 Å². The Morgan fingerprint density at radius 1 is 1.14 bits per heavy atom. The first-order valence-corrected chi connectivity index (χ1v) is 9.12. The molecule has 0 aromatic carbocycles. The van der Waals surface area contributed by atoms with Crippen molar-refractivity contribution in [2.45, 2.75) is 45.1 Å². The van der Waals surface area contributed by atoms with Crippen LogP contribution in [-0.2, 0) is 0 Å². The monoisotopic (exact) mass is 305 g/mol. The zero-order valence-electron chi connectivity index (χ0n) is 12.8. The van der Waals surface area contributed by atoms with Gasteiger partial charge in [0, 0.05) is 36.6 Å². The van der Waals surface area contributed by atoms with Gasteiger partial charge in [0.25, 0.3) is 0 Å². The third kappa shape index (κ3) is 2.96. The predicted octanol–water partition coefficient (Wildman–Crippen LogP) is 2.51. The van der Waals surface area contributed by atoms with E-state index in [-0.39, 0.29) is 0 Å². The van der Waals surface area contributed by atoms with Gasteiger partial charge in [0.05, 0.1) is 0 Å². The van der Waals surface area contributed by atoms with Gasteiger partial charge in [0.2, 0.25) is 11.9 Å². The number of hydrogen-bond acceptors (Lipinski definition) is 6. The molecule has 1 unspecified atom stereocenters. The van der Waals surface area contributed by atoms with Crippen LogP contribution in [0, 0.1) is 5.41 Å². The summed E-state index contributed by atoms with van der Waals surface area (Å²) < 4.78 is 0. The highest BCUT2D eigenvalue weighted by Gasteiger charge is 2.49. The zero-order chi connectivity index (χ0) is 14.4. The summed E-state index contributed by atoms with van der Waals surface area (Å²) in [4.78, 5) is 16.5. The maximum absolute atomic E-state index is 4.80. The van der Waals surface area contributed by atoms with Gasteiger partial charge in [0.1, 0.15) is 5.82 Å². The molecule has 2 aliphatic carbocycles. The molecule has 4 rings (SSSR count). The van der Waals surface area contributed by atoms with E-state index < -0.39 is 0 Å². The lowest BCUT2D eigenvalue weighted by atomic mass is 10.1. The van der Waals surface area contributed by atoms with Crippen LogP contribution in [0.1, 0.15) is 44.9 Å². The van der Waals surface area contributed by atoms with E-state index >= 15 is 0 Å². The molecule has 0 amide bonds. The Morgan fingerprint density at radius 3 is 2.48 bits per heavy atom. The third-order valence-electron chi connectivity index (χ3n) is 4.67. The van der Waals surface area contributed by atoms with Crippen LogP contribution < -0.4 is 10.2 Å². The fourth-order valence-corrected chi connectivity index (χ4v) is 3.73. The van der Waals surface area contributed by atoms with Gasteiger partial charge in [0.15, 0.2) is 0 Å². The summed E-state index contributed by atoms with van der Waals surface area (Å²) in [5.41, 5.74) is 0.354. The van der Waals surface area contributed by atoms with Crippen molar-refractivity contribution >= 4 is 23.7 Å². The maximum Gasteiger partial charge on any atom is 0.230 e. The van der Waals surface area contributed by atoms with E-state index in [2.05, 4.69) is 29.0 Å². The van der Waals surface area contributed by atoms with Crippen LogP contribution in [0.3, 0.4) is 0 Å². The van der Waals surface area contributed by atoms with Gasteiger partial charge in [-0.3, -0.25) is 0 Å². The van der Waals surface area contributed by atoms with Crippen LogP contribution in [0.5, 0.6) is 0 Å². The smallest absolute Gasteiger partial charge is 0.230 e. The van der Waals surface area contributed by atoms with E-state index in [1.54, 1.807) is 0 Å². The van der Waals surface area contributed by atoms with E-state index in [1.165, 1.54) is 30.8 Å². The Labute approximate surface area is 130 Å². The second-order valence-electron chi connectivity index (χ2n) is 7.08. The summed E-state index contributed by atoms with van der Waals surface area (Å²) in [7, 11) is 0. The van der Waals surface area contributed by atoms with Gasteiger partial charge in [-0.2, -0.15) is 26.7 Å². The Morgan fingerprint density at radius 2 is 1.86 bits per heavy atom. The zero-order valence-corrected chi connectivity index (χ0v) is 13.6. The Hall–Kier alpha value is -1.04. The highest BCUT2D eigenvalue weighted by Crippen LogP contribution is 2.57. The van der Waals surface area contributed by atoms with Crippen LogP contribution >= 0.6 is 11.8 Å². The minimum atomic E-state index is 0.354. The molecule has 1 aromatic heterocycles. The first kappa shape index (κ1) is 13.6. The fraction of sp³-hybridized carbons (Fsp3) is 0.800. The van der Waals surface area contributed by atoms with E-state index in [0.29, 0.717) is 17.4 Å². The fourth-order valence-electron chi connectivity index (χ4n) is 2.82. The highest BCUT2D eigenvalue weighted by molar-refractivity contribution is 7.99. The molecule has 114 valence electrons. The molecule has 2 heterocycles. The Kier molecular flexibility index (Phi) is 3.24. The van der Waals surface area contributed by atoms with E-state index in [9.17, 15) is 0 Å². The number of nitrogens with one attached hydrogen (secondary N) is 1. The first-order chi connectivity index (χ1) is 10.1. The van der Waals surface area contributed by atoms with E-state index in [4.69, 9.17) is 9.97 Å². The number of thioether (sulfide) groups is 1. The van der Waals surface area contributed by atoms with Crippen molar-refractivity contribution in [2.24, 2.45) is 5.41 Å². The molecule has 3 fully saturated rings. The average molecular weight is 305 g/mol. The van der Waals surface area contributed by atoms with Crippen LogP contribution in [-0.4, -0.2) is 45.6 Å². The van der Waals surface area contributed by atoms with Gasteiger partial charge >= 0.3 is 0 Å². The lowest BCUT2D eigenvalue weighted by molar-refractivity contribution is 0.606. The second kappa shape index (κ2) is 5.00. The average Bonchev–Trinajstić information content (AvgIpc) is 3.38. The van der Waals surface area contributed by atoms with Crippen LogP contribution in [0.25, 0.3) is 0 Å². The van der Waals surface area contributed by atoms with Crippen molar-refractivity contribution in [1.82, 2.24) is 15.0 Å². The molecule has 1 atom stereocenters. The number of nitrogens with zero attached hydrogens (tertiary/aromatic N) is 4. The van der Waals surface area contributed by atoms with Crippen molar-refractivity contribution in [3.8, 4) is 0 Å². The molecule has 0 bridgehead atoms. The van der Waals surface area contributed by atoms with Crippen molar-refractivity contribution in [2.75, 3.05) is 34.8 Å². The molecule has 3 aliphatic rings. The molecular weight excluding hydrogens is 282 g/mol. The van der Waals surface area contributed by atoms with Crippen LogP contribution in [0.4, 0.5) is 11.9 Å². The van der Waals surface area contributed by atoms with Crippen molar-refractivity contribution < 1.29 is 0 Å². The Bertz CT molecular complexity index is 537. The standard InChI is InChI=1S/C15H23N5S/c1-15(2)9-11(15)12-17-13(16-10-3-4-10)19-14(18-12)20-5-7-21-8-6-20/h10-11H,3-9H2,1-2H3,(H,16,17,18,19). The van der Waals surface area contributed by atoms with Gasteiger partial charge < -0.3 is 10.2 Å². The van der Waals surface area contributed by atoms with Crippen LogP contribution in [0.2, 0.25) is 0 Å². The van der Waals surface area contributed by atoms with Crippen molar-refractivity contribution in [3.05, 3.63) is 5.82 Å². The second-order valence-corrected chi connectivity index (χ2v) is 8.31. The SMILES string of the molecule is CC1(C)CC1c1nc(NC2CC2)nc(N2CCSCC2)n1. The quantitative estimate of drug-likeness (QED) is 0.922. The van der Waals surface area contributed by atoms with Gasteiger partial charge in [-0.25, -0.2) is 0 Å². The minimum absolute atomic E-state index is 0.354. The highest BCUT2D eigenvalue weighted by atomic mass is 32.2. The first-order valence-electron chi connectivity index (χ1n) is 7.97. The molecule has 6 heteroatoms. The molecule has 2 saturated carbocycles. The largest absolute Gasteiger partial charge is 0.351 e. The van der Waals surface area contributed by atoms with E-state index in [1.807, 2.05) is 11.8 Å². The third-order valence-corrected chi connectivity index (χ3v) is 5.61. The van der Waals surface area contributed by atoms with E-state index in [0.717, 1.165) is 30.8 Å². The summed E-state index contributed by atoms with van der Waals surface area (Å²) in [6.07, 6.45) is 3.67. The predicted molar refractivity (Wildman–Crippen MR) is 87.1 cm³/mol. The lowest BCUT2D eigenvalue weighted by Gasteiger charge is -2.26. The molecule has 0 radical (unpaired) electrons. The van der Waals surface area contributed by atoms with Crippen molar-refractivity contribution in [1.29, 1.82) is 0 Å².